The predicted molar refractivity (Wildman–Crippen MR) is 136 cm³/mol. The molecule has 1 heterocycles. The standard InChI is InChI=1S/C27H41N3O3/c1-6-7-16-32-24-18-22(2)25(23(3)19-24)15-13-11-9-8-10-12-14-17-33-27-26(20-29-31-5)28-21-30(27)4/h6-7,18-21H,8-17H2,1-5H3/b7-6+,29-20+. The van der Waals surface area contributed by atoms with Gasteiger partial charge in [0.15, 0.2) is 0 Å². The van der Waals surface area contributed by atoms with E-state index in [1.807, 2.05) is 30.7 Å². The first-order valence-electron chi connectivity index (χ1n) is 12.1. The van der Waals surface area contributed by atoms with Gasteiger partial charge in [0.05, 0.1) is 19.1 Å². The van der Waals surface area contributed by atoms with Crippen LogP contribution in [0, 0.1) is 13.8 Å². The number of benzene rings is 1. The van der Waals surface area contributed by atoms with Gasteiger partial charge < -0.3 is 18.9 Å². The molecule has 0 saturated carbocycles. The second-order valence-corrected chi connectivity index (χ2v) is 8.45. The molecule has 0 spiro atoms. The van der Waals surface area contributed by atoms with Crippen molar-refractivity contribution in [3.05, 3.63) is 53.0 Å². The minimum Gasteiger partial charge on any atom is -0.490 e. The highest BCUT2D eigenvalue weighted by atomic mass is 16.6. The first-order chi connectivity index (χ1) is 16.1. The van der Waals surface area contributed by atoms with Crippen molar-refractivity contribution >= 4 is 6.21 Å². The van der Waals surface area contributed by atoms with Crippen LogP contribution >= 0.6 is 0 Å². The molecule has 33 heavy (non-hydrogen) atoms. The van der Waals surface area contributed by atoms with E-state index in [1.54, 1.807) is 12.5 Å². The molecule has 0 aliphatic carbocycles. The second-order valence-electron chi connectivity index (χ2n) is 8.45. The summed E-state index contributed by atoms with van der Waals surface area (Å²) in [7, 11) is 3.44. The molecule has 0 fully saturated rings. The van der Waals surface area contributed by atoms with Gasteiger partial charge in [-0.1, -0.05) is 49.4 Å². The van der Waals surface area contributed by atoms with Gasteiger partial charge in [0, 0.05) is 7.05 Å². The minimum atomic E-state index is 0.633. The summed E-state index contributed by atoms with van der Waals surface area (Å²) in [5, 5.41) is 3.77. The molecular formula is C27H41N3O3. The number of unbranched alkanes of at least 4 members (excludes halogenated alkanes) is 6. The van der Waals surface area contributed by atoms with Crippen molar-refractivity contribution in [2.24, 2.45) is 12.2 Å². The summed E-state index contributed by atoms with van der Waals surface area (Å²) in [4.78, 5) is 8.99. The highest BCUT2D eigenvalue weighted by Gasteiger charge is 2.09. The minimum absolute atomic E-state index is 0.633. The van der Waals surface area contributed by atoms with Crippen molar-refractivity contribution in [3.63, 3.8) is 0 Å². The Labute approximate surface area is 199 Å². The summed E-state index contributed by atoms with van der Waals surface area (Å²) in [6.07, 6.45) is 17.1. The lowest BCUT2D eigenvalue weighted by Gasteiger charge is -2.13. The molecular weight excluding hydrogens is 414 g/mol. The number of aromatic nitrogens is 2. The molecule has 1 aromatic heterocycles. The monoisotopic (exact) mass is 455 g/mol. The van der Waals surface area contributed by atoms with Gasteiger partial charge in [0.25, 0.3) is 0 Å². The van der Waals surface area contributed by atoms with Crippen LogP contribution < -0.4 is 9.47 Å². The van der Waals surface area contributed by atoms with Crippen LogP contribution in [0.25, 0.3) is 0 Å². The van der Waals surface area contributed by atoms with E-state index >= 15 is 0 Å². The van der Waals surface area contributed by atoms with E-state index in [-0.39, 0.29) is 0 Å². The topological polar surface area (TPSA) is 57.9 Å². The van der Waals surface area contributed by atoms with Crippen LogP contribution in [0.1, 0.15) is 74.3 Å². The summed E-state index contributed by atoms with van der Waals surface area (Å²) in [5.41, 5.74) is 4.86. The molecule has 0 aliphatic heterocycles. The van der Waals surface area contributed by atoms with Crippen molar-refractivity contribution in [2.75, 3.05) is 20.3 Å². The Bertz CT molecular complexity index is 864. The molecule has 0 atom stereocenters. The number of nitrogens with zero attached hydrogens (tertiary/aromatic N) is 3. The number of rotatable bonds is 16. The van der Waals surface area contributed by atoms with Crippen molar-refractivity contribution in [1.82, 2.24) is 9.55 Å². The van der Waals surface area contributed by atoms with Crippen molar-refractivity contribution in [1.29, 1.82) is 0 Å². The molecule has 182 valence electrons. The number of oxime groups is 1. The lowest BCUT2D eigenvalue weighted by atomic mass is 9.96. The molecule has 2 rings (SSSR count). The van der Waals surface area contributed by atoms with Crippen molar-refractivity contribution in [3.8, 4) is 11.6 Å². The number of hydrogen-bond donors (Lipinski definition) is 0. The van der Waals surface area contributed by atoms with Gasteiger partial charge in [-0.3, -0.25) is 0 Å². The summed E-state index contributed by atoms with van der Waals surface area (Å²) in [5.74, 6) is 1.71. The average Bonchev–Trinajstić information content (AvgIpc) is 3.14. The summed E-state index contributed by atoms with van der Waals surface area (Å²) in [6.45, 7) is 7.74. The Kier molecular flexibility index (Phi) is 12.2. The summed E-state index contributed by atoms with van der Waals surface area (Å²) < 4.78 is 13.6. The van der Waals surface area contributed by atoms with Gasteiger partial charge in [0.1, 0.15) is 25.2 Å². The van der Waals surface area contributed by atoms with Crippen LogP contribution in [0.3, 0.4) is 0 Å². The molecule has 1 aromatic carbocycles. The van der Waals surface area contributed by atoms with Crippen molar-refractivity contribution in [2.45, 2.75) is 72.1 Å². The highest BCUT2D eigenvalue weighted by Crippen LogP contribution is 2.24. The zero-order valence-corrected chi connectivity index (χ0v) is 21.1. The molecule has 6 heteroatoms. The average molecular weight is 456 g/mol. The van der Waals surface area contributed by atoms with Crippen LogP contribution in [0.15, 0.2) is 35.8 Å². The Morgan fingerprint density at radius 2 is 1.64 bits per heavy atom. The maximum absolute atomic E-state index is 5.90. The van der Waals surface area contributed by atoms with E-state index in [1.165, 1.54) is 62.3 Å². The zero-order chi connectivity index (χ0) is 23.9. The number of hydrogen-bond acceptors (Lipinski definition) is 5. The molecule has 0 radical (unpaired) electrons. The smallest absolute Gasteiger partial charge is 0.222 e. The number of aryl methyl sites for hydroxylation is 3. The van der Waals surface area contributed by atoms with Gasteiger partial charge in [-0.05, 0) is 68.9 Å². The van der Waals surface area contributed by atoms with Crippen LogP contribution in [-0.4, -0.2) is 36.1 Å². The molecule has 0 N–H and O–H groups in total. The van der Waals surface area contributed by atoms with E-state index in [9.17, 15) is 0 Å². The van der Waals surface area contributed by atoms with E-state index in [4.69, 9.17) is 14.3 Å². The van der Waals surface area contributed by atoms with Gasteiger partial charge in [-0.2, -0.15) is 0 Å². The normalized spacial score (nSPS) is 11.5. The summed E-state index contributed by atoms with van der Waals surface area (Å²) in [6, 6.07) is 4.35. The number of ether oxygens (including phenoxy) is 2. The Morgan fingerprint density at radius 3 is 2.30 bits per heavy atom. The van der Waals surface area contributed by atoms with Crippen LogP contribution in [0.4, 0.5) is 0 Å². The van der Waals surface area contributed by atoms with Gasteiger partial charge >= 0.3 is 0 Å². The third-order valence-electron chi connectivity index (χ3n) is 5.75. The fourth-order valence-electron chi connectivity index (χ4n) is 3.93. The number of imidazole rings is 1. The van der Waals surface area contributed by atoms with E-state index in [0.29, 0.717) is 18.9 Å². The predicted octanol–water partition coefficient (Wildman–Crippen LogP) is 6.32. The maximum atomic E-state index is 5.90. The zero-order valence-electron chi connectivity index (χ0n) is 21.1. The molecule has 6 nitrogen and oxygen atoms in total. The van der Waals surface area contributed by atoms with E-state index in [2.05, 4.69) is 36.1 Å². The fraction of sp³-hybridized carbons (Fsp3) is 0.556. The van der Waals surface area contributed by atoms with Gasteiger partial charge in [-0.15, -0.1) is 0 Å². The Morgan fingerprint density at radius 1 is 0.970 bits per heavy atom. The Balaban J connectivity index is 1.57. The summed E-state index contributed by atoms with van der Waals surface area (Å²) >= 11 is 0. The molecule has 0 bridgehead atoms. The van der Waals surface area contributed by atoms with Crippen LogP contribution in [-0.2, 0) is 18.3 Å². The number of allylic oxidation sites excluding steroid dienone is 1. The quantitative estimate of drug-likeness (QED) is 0.129. The molecule has 0 unspecified atom stereocenters. The van der Waals surface area contributed by atoms with Crippen LogP contribution in [0.2, 0.25) is 0 Å². The lowest BCUT2D eigenvalue weighted by molar-refractivity contribution is 0.215. The van der Waals surface area contributed by atoms with E-state index < -0.39 is 0 Å². The third-order valence-corrected chi connectivity index (χ3v) is 5.75. The molecule has 2 aromatic rings. The van der Waals surface area contributed by atoms with Gasteiger partial charge in [-0.25, -0.2) is 4.98 Å². The highest BCUT2D eigenvalue weighted by molar-refractivity contribution is 5.79. The van der Waals surface area contributed by atoms with E-state index in [0.717, 1.165) is 24.5 Å². The molecule has 0 aliphatic rings. The lowest BCUT2D eigenvalue weighted by Crippen LogP contribution is -2.03. The Hall–Kier alpha value is -2.76. The third kappa shape index (κ3) is 9.32. The first-order valence-corrected chi connectivity index (χ1v) is 12.1. The molecule has 0 amide bonds. The second kappa shape index (κ2) is 15.1. The van der Waals surface area contributed by atoms with Crippen molar-refractivity contribution < 1.29 is 14.3 Å². The maximum Gasteiger partial charge on any atom is 0.222 e. The fourth-order valence-corrected chi connectivity index (χ4v) is 3.93. The van der Waals surface area contributed by atoms with Gasteiger partial charge in [0.2, 0.25) is 5.88 Å². The SMILES string of the molecule is C/C=C/COc1cc(C)c(CCCCCCCCCOc2c(/C=N/OC)ncn2C)c(C)c1. The molecule has 0 saturated heterocycles. The largest absolute Gasteiger partial charge is 0.490 e. The first kappa shape index (κ1) is 26.5. The van der Waals surface area contributed by atoms with Crippen LogP contribution in [0.5, 0.6) is 11.6 Å².